The molecule has 0 saturated carbocycles. The smallest absolute Gasteiger partial charge is 0.310 e. The van der Waals surface area contributed by atoms with Gasteiger partial charge in [0.25, 0.3) is 0 Å². The Hall–Kier alpha value is -2.63. The summed E-state index contributed by atoms with van der Waals surface area (Å²) in [6.45, 7) is 5.58. The van der Waals surface area contributed by atoms with Gasteiger partial charge in [-0.1, -0.05) is 19.0 Å². The molecule has 0 unspecified atom stereocenters. The van der Waals surface area contributed by atoms with E-state index in [2.05, 4.69) is 15.1 Å². The number of nitrogens with zero attached hydrogens (tertiary/aromatic N) is 3. The Kier molecular flexibility index (Phi) is 4.37. The average Bonchev–Trinajstić information content (AvgIpc) is 2.46. The van der Waals surface area contributed by atoms with Crippen LogP contribution in [0, 0.1) is 5.92 Å². The van der Waals surface area contributed by atoms with Gasteiger partial charge in [0.15, 0.2) is 11.5 Å². The summed E-state index contributed by atoms with van der Waals surface area (Å²) in [5, 5.41) is 3.82. The van der Waals surface area contributed by atoms with Gasteiger partial charge < -0.3 is 4.84 Å². The number of ketones is 1. The lowest BCUT2D eigenvalue weighted by atomic mass is 9.90. The first-order valence-electron chi connectivity index (χ1n) is 6.49. The molecule has 0 aliphatic heterocycles. The van der Waals surface area contributed by atoms with Crippen molar-refractivity contribution < 1.29 is 14.4 Å². The van der Waals surface area contributed by atoms with Gasteiger partial charge in [0.1, 0.15) is 12.0 Å². The molecule has 6 heteroatoms. The minimum atomic E-state index is -0.672. The van der Waals surface area contributed by atoms with Crippen molar-refractivity contribution in [1.82, 2.24) is 9.97 Å². The number of carbonyl (C=O) groups excluding carboxylic acids is 2. The molecule has 21 heavy (non-hydrogen) atoms. The van der Waals surface area contributed by atoms with Crippen molar-refractivity contribution in [2.24, 2.45) is 11.1 Å². The van der Waals surface area contributed by atoms with Crippen LogP contribution in [0.4, 0.5) is 0 Å². The number of rotatable bonds is 3. The van der Waals surface area contributed by atoms with Gasteiger partial charge in [-0.05, 0) is 36.6 Å². The maximum Gasteiger partial charge on any atom is 0.384 e. The molecule has 0 amide bonds. The van der Waals surface area contributed by atoms with Crippen molar-refractivity contribution >= 4 is 17.5 Å². The van der Waals surface area contributed by atoms with Crippen LogP contribution in [0.2, 0.25) is 0 Å². The van der Waals surface area contributed by atoms with E-state index in [0.29, 0.717) is 16.9 Å². The lowest BCUT2D eigenvalue weighted by molar-refractivity contribution is -0.111. The third-order valence-corrected chi connectivity index (χ3v) is 2.97. The molecule has 0 radical (unpaired) electrons. The molecule has 0 saturated heterocycles. The molecule has 0 fully saturated rings. The highest BCUT2D eigenvalue weighted by Gasteiger charge is 2.19. The fourth-order valence-corrected chi connectivity index (χ4v) is 1.78. The van der Waals surface area contributed by atoms with Crippen LogP contribution < -0.4 is 0 Å². The molecule has 1 aliphatic carbocycles. The third-order valence-electron chi connectivity index (χ3n) is 2.97. The fraction of sp³-hybridized carbons (Fsp3) is 0.267. The van der Waals surface area contributed by atoms with Crippen LogP contribution in [-0.4, -0.2) is 27.4 Å². The van der Waals surface area contributed by atoms with Crippen LogP contribution in [0.5, 0.6) is 0 Å². The molecule has 108 valence electrons. The number of oxime groups is 1. The number of aromatic nitrogens is 2. The molecule has 1 aromatic heterocycles. The minimum absolute atomic E-state index is 0.0384. The van der Waals surface area contributed by atoms with Crippen molar-refractivity contribution in [2.45, 2.75) is 20.8 Å². The van der Waals surface area contributed by atoms with Gasteiger partial charge in [-0.15, -0.1) is 0 Å². The Morgan fingerprint density at radius 3 is 2.71 bits per heavy atom. The Bertz CT molecular complexity index is 658. The summed E-state index contributed by atoms with van der Waals surface area (Å²) in [6.07, 6.45) is 5.84. The number of carbonyl (C=O) groups is 2. The van der Waals surface area contributed by atoms with Gasteiger partial charge in [0.2, 0.25) is 0 Å². The normalized spacial score (nSPS) is 16.8. The van der Waals surface area contributed by atoms with E-state index in [4.69, 9.17) is 4.84 Å². The van der Waals surface area contributed by atoms with Gasteiger partial charge in [0, 0.05) is 11.8 Å². The number of allylic oxidation sites excluding steroid dienone is 4. The zero-order chi connectivity index (χ0) is 15.4. The van der Waals surface area contributed by atoms with Gasteiger partial charge in [-0.2, -0.15) is 0 Å². The van der Waals surface area contributed by atoms with Gasteiger partial charge >= 0.3 is 5.97 Å². The second-order valence-electron chi connectivity index (χ2n) is 4.90. The predicted molar refractivity (Wildman–Crippen MR) is 76.6 cm³/mol. The lowest BCUT2D eigenvalue weighted by Gasteiger charge is -2.14. The maximum absolute atomic E-state index is 11.8. The predicted octanol–water partition coefficient (Wildman–Crippen LogP) is 2.10. The molecular formula is C15H15N3O3. The van der Waals surface area contributed by atoms with Crippen molar-refractivity contribution in [1.29, 1.82) is 0 Å². The van der Waals surface area contributed by atoms with Crippen LogP contribution in [0.3, 0.4) is 0 Å². The SMILES string of the molecule is CC1=CC(=O)C(C(C)C)=C/C1=N\OC(=O)c1ccncn1. The Labute approximate surface area is 122 Å². The van der Waals surface area contributed by atoms with Gasteiger partial charge in [-0.3, -0.25) is 4.79 Å². The first-order valence-corrected chi connectivity index (χ1v) is 6.49. The minimum Gasteiger partial charge on any atom is -0.310 e. The Balaban J connectivity index is 2.19. The van der Waals surface area contributed by atoms with E-state index in [1.807, 2.05) is 13.8 Å². The van der Waals surface area contributed by atoms with E-state index >= 15 is 0 Å². The molecule has 1 heterocycles. The monoisotopic (exact) mass is 285 g/mol. The molecule has 0 N–H and O–H groups in total. The zero-order valence-corrected chi connectivity index (χ0v) is 12.0. The van der Waals surface area contributed by atoms with Crippen LogP contribution in [0.15, 0.2) is 47.0 Å². The van der Waals surface area contributed by atoms with Crippen LogP contribution in [0.1, 0.15) is 31.3 Å². The summed E-state index contributed by atoms with van der Waals surface area (Å²) in [5.41, 5.74) is 1.87. The molecule has 1 aromatic rings. The third kappa shape index (κ3) is 3.47. The van der Waals surface area contributed by atoms with E-state index in [1.54, 1.807) is 13.0 Å². The second-order valence-corrected chi connectivity index (χ2v) is 4.90. The maximum atomic E-state index is 11.8. The molecular weight excluding hydrogens is 270 g/mol. The summed E-state index contributed by atoms with van der Waals surface area (Å²) in [4.78, 5) is 35.9. The number of hydrogen-bond acceptors (Lipinski definition) is 6. The molecule has 0 atom stereocenters. The first kappa shape index (κ1) is 14.8. The standard InChI is InChI=1S/C15H15N3O3/c1-9(2)11-7-13(10(3)6-14(11)19)18-21-15(20)12-4-5-16-8-17-12/h4-9H,1-3H3/b18-13+. The van der Waals surface area contributed by atoms with Crippen molar-refractivity contribution in [3.63, 3.8) is 0 Å². The molecule has 0 aromatic carbocycles. The summed E-state index contributed by atoms with van der Waals surface area (Å²) in [5.74, 6) is -0.637. The van der Waals surface area contributed by atoms with Crippen molar-refractivity contribution in [2.75, 3.05) is 0 Å². The quantitative estimate of drug-likeness (QED) is 0.482. The van der Waals surface area contributed by atoms with Crippen LogP contribution >= 0.6 is 0 Å². The molecule has 6 nitrogen and oxygen atoms in total. The second kappa shape index (κ2) is 6.21. The largest absolute Gasteiger partial charge is 0.384 e. The molecule has 2 rings (SSSR count). The average molecular weight is 285 g/mol. The molecule has 1 aliphatic rings. The van der Waals surface area contributed by atoms with Crippen LogP contribution in [0.25, 0.3) is 0 Å². The first-order chi connectivity index (χ1) is 9.99. The lowest BCUT2D eigenvalue weighted by Crippen LogP contribution is -2.16. The summed E-state index contributed by atoms with van der Waals surface area (Å²) >= 11 is 0. The van der Waals surface area contributed by atoms with Crippen LogP contribution in [-0.2, 0) is 9.63 Å². The zero-order valence-electron chi connectivity index (χ0n) is 12.0. The molecule has 0 spiro atoms. The van der Waals surface area contributed by atoms with E-state index in [1.165, 1.54) is 24.7 Å². The fourth-order valence-electron chi connectivity index (χ4n) is 1.78. The summed E-state index contributed by atoms with van der Waals surface area (Å²) in [6, 6.07) is 1.44. The molecule has 0 bridgehead atoms. The topological polar surface area (TPSA) is 81.5 Å². The van der Waals surface area contributed by atoms with Crippen molar-refractivity contribution in [3.8, 4) is 0 Å². The Morgan fingerprint density at radius 1 is 1.33 bits per heavy atom. The van der Waals surface area contributed by atoms with E-state index < -0.39 is 5.97 Å². The van der Waals surface area contributed by atoms with Crippen molar-refractivity contribution in [3.05, 3.63) is 47.6 Å². The van der Waals surface area contributed by atoms with Gasteiger partial charge in [-0.25, -0.2) is 14.8 Å². The number of hydrogen-bond donors (Lipinski definition) is 0. The Morgan fingerprint density at radius 2 is 2.10 bits per heavy atom. The highest BCUT2D eigenvalue weighted by molar-refractivity contribution is 6.21. The summed E-state index contributed by atoms with van der Waals surface area (Å²) < 4.78 is 0. The van der Waals surface area contributed by atoms with Gasteiger partial charge in [0.05, 0.1) is 0 Å². The van der Waals surface area contributed by atoms with E-state index in [0.717, 1.165) is 0 Å². The highest BCUT2D eigenvalue weighted by Crippen LogP contribution is 2.19. The van der Waals surface area contributed by atoms with E-state index in [9.17, 15) is 9.59 Å². The summed E-state index contributed by atoms with van der Waals surface area (Å²) in [7, 11) is 0. The highest BCUT2D eigenvalue weighted by atomic mass is 16.7. The van der Waals surface area contributed by atoms with E-state index in [-0.39, 0.29) is 17.4 Å².